The van der Waals surface area contributed by atoms with Gasteiger partial charge in [-0.05, 0) is 44.2 Å². The van der Waals surface area contributed by atoms with Crippen LogP contribution in [0, 0.1) is 12.7 Å². The van der Waals surface area contributed by atoms with Gasteiger partial charge < -0.3 is 10.1 Å². The molecule has 0 radical (unpaired) electrons. The Hall–Kier alpha value is -3.00. The Bertz CT molecular complexity index is 1100. The summed E-state index contributed by atoms with van der Waals surface area (Å²) >= 11 is 1.32. The van der Waals surface area contributed by atoms with Crippen LogP contribution in [-0.4, -0.2) is 34.1 Å². The van der Waals surface area contributed by atoms with Crippen LogP contribution in [0.15, 0.2) is 36.5 Å². The smallest absolute Gasteiger partial charge is 0.221 e. The lowest BCUT2D eigenvalue weighted by Crippen LogP contribution is -2.34. The van der Waals surface area contributed by atoms with Crippen LogP contribution in [0.1, 0.15) is 34.3 Å². The molecule has 0 spiro atoms. The number of aromatic nitrogens is 2. The minimum absolute atomic E-state index is 0.0222. The van der Waals surface area contributed by atoms with Gasteiger partial charge in [0.2, 0.25) is 5.91 Å². The molecule has 30 heavy (non-hydrogen) atoms. The summed E-state index contributed by atoms with van der Waals surface area (Å²) in [6, 6.07) is 8.35. The topological polar surface area (TPSA) is 73.2 Å². The highest BCUT2D eigenvalue weighted by atomic mass is 32.1. The van der Waals surface area contributed by atoms with Gasteiger partial charge in [0.1, 0.15) is 17.7 Å². The van der Waals surface area contributed by atoms with Crippen molar-refractivity contribution in [1.82, 2.24) is 15.1 Å². The number of Topliss-reactive ketones (excluding diaryl/α,β-unsaturated/α-hetero) is 1. The Balaban J connectivity index is 1.39. The number of amides is 1. The molecule has 1 atom stereocenters. The maximum absolute atomic E-state index is 14.2. The molecule has 0 bridgehead atoms. The second-order valence-electron chi connectivity index (χ2n) is 7.38. The highest BCUT2D eigenvalue weighted by Gasteiger charge is 2.28. The fourth-order valence-corrected chi connectivity index (χ4v) is 4.40. The van der Waals surface area contributed by atoms with Crippen molar-refractivity contribution in [3.05, 3.63) is 58.5 Å². The highest BCUT2D eigenvalue weighted by molar-refractivity contribution is 7.17. The number of aryl methyl sites for hydroxylation is 2. The number of thiophene rings is 1. The van der Waals surface area contributed by atoms with Crippen LogP contribution in [0.2, 0.25) is 0 Å². The molecule has 1 N–H and O–H groups in total. The molecule has 0 saturated heterocycles. The molecule has 1 unspecified atom stereocenters. The van der Waals surface area contributed by atoms with Crippen LogP contribution in [-0.2, 0) is 17.8 Å². The molecule has 4 rings (SSSR count). The minimum Gasteiger partial charge on any atom is -0.487 e. The number of hydrogen-bond donors (Lipinski definition) is 1. The van der Waals surface area contributed by atoms with Gasteiger partial charge in [0.15, 0.2) is 5.78 Å². The Kier molecular flexibility index (Phi) is 5.67. The number of benzene rings is 1. The Morgan fingerprint density at radius 2 is 2.17 bits per heavy atom. The second-order valence-corrected chi connectivity index (χ2v) is 8.46. The van der Waals surface area contributed by atoms with E-state index in [9.17, 15) is 14.0 Å². The number of ketones is 1. The molecular formula is C22H22FN3O3S. The van der Waals surface area contributed by atoms with E-state index < -0.39 is 0 Å². The van der Waals surface area contributed by atoms with E-state index in [-0.39, 0.29) is 23.6 Å². The summed E-state index contributed by atoms with van der Waals surface area (Å²) in [6.45, 7) is 4.27. The lowest BCUT2D eigenvalue weighted by atomic mass is 10.0. The first-order valence-corrected chi connectivity index (χ1v) is 10.6. The van der Waals surface area contributed by atoms with Crippen LogP contribution in [0.5, 0.6) is 5.75 Å². The van der Waals surface area contributed by atoms with Gasteiger partial charge in [-0.15, -0.1) is 11.3 Å². The maximum atomic E-state index is 14.2. The van der Waals surface area contributed by atoms with Crippen molar-refractivity contribution in [3.63, 3.8) is 0 Å². The first kappa shape index (κ1) is 20.3. The summed E-state index contributed by atoms with van der Waals surface area (Å²) in [5.74, 6) is 0.175. The van der Waals surface area contributed by atoms with E-state index in [0.29, 0.717) is 42.1 Å². The van der Waals surface area contributed by atoms with Crippen molar-refractivity contribution in [1.29, 1.82) is 0 Å². The molecule has 3 heterocycles. The van der Waals surface area contributed by atoms with Crippen LogP contribution < -0.4 is 10.1 Å². The van der Waals surface area contributed by atoms with Gasteiger partial charge in [-0.25, -0.2) is 4.39 Å². The first-order chi connectivity index (χ1) is 14.4. The number of ether oxygens (including phenoxy) is 1. The van der Waals surface area contributed by atoms with Crippen molar-refractivity contribution < 1.29 is 18.7 Å². The van der Waals surface area contributed by atoms with Crippen LogP contribution in [0.3, 0.4) is 0 Å². The van der Waals surface area contributed by atoms with Gasteiger partial charge in [-0.3, -0.25) is 14.3 Å². The molecule has 0 saturated carbocycles. The molecule has 156 valence electrons. The molecule has 8 heteroatoms. The van der Waals surface area contributed by atoms with E-state index in [4.69, 9.17) is 4.74 Å². The Morgan fingerprint density at radius 1 is 1.33 bits per heavy atom. The standard InChI is InChI=1S/C22H22FN3O3S/c1-13-5-7-26(25-13)8-6-21(28)24-12-17-10-15-9-16(23)11-18(22(15)29-17)20-4-3-19(30-20)14(2)27/h3-5,7,9,11,17H,6,8,10,12H2,1-2H3,(H,24,28). The molecule has 2 aromatic heterocycles. The van der Waals surface area contributed by atoms with Crippen molar-refractivity contribution in [3.8, 4) is 16.2 Å². The van der Waals surface area contributed by atoms with Crippen molar-refractivity contribution in [2.24, 2.45) is 0 Å². The van der Waals surface area contributed by atoms with E-state index >= 15 is 0 Å². The quantitative estimate of drug-likeness (QED) is 0.583. The van der Waals surface area contributed by atoms with Crippen molar-refractivity contribution >= 4 is 23.0 Å². The third kappa shape index (κ3) is 4.43. The highest BCUT2D eigenvalue weighted by Crippen LogP contribution is 2.42. The fourth-order valence-electron chi connectivity index (χ4n) is 3.48. The summed E-state index contributed by atoms with van der Waals surface area (Å²) in [4.78, 5) is 25.2. The zero-order chi connectivity index (χ0) is 21.3. The third-order valence-corrected chi connectivity index (χ3v) is 6.17. The number of nitrogens with zero attached hydrogens (tertiary/aromatic N) is 2. The third-order valence-electron chi connectivity index (χ3n) is 4.95. The summed E-state index contributed by atoms with van der Waals surface area (Å²) < 4.78 is 22.0. The van der Waals surface area contributed by atoms with Gasteiger partial charge >= 0.3 is 0 Å². The van der Waals surface area contributed by atoms with Crippen molar-refractivity contribution in [2.45, 2.75) is 39.3 Å². The van der Waals surface area contributed by atoms with Gasteiger partial charge in [0.05, 0.1) is 17.1 Å². The molecule has 1 aromatic carbocycles. The molecule has 1 aliphatic rings. The molecule has 0 aliphatic carbocycles. The lowest BCUT2D eigenvalue weighted by molar-refractivity contribution is -0.121. The van der Waals surface area contributed by atoms with Crippen LogP contribution >= 0.6 is 11.3 Å². The average Bonchev–Trinajstić information content (AvgIpc) is 3.43. The molecule has 0 fully saturated rings. The molecule has 1 amide bonds. The number of nitrogens with one attached hydrogen (secondary N) is 1. The number of rotatable bonds is 7. The second kappa shape index (κ2) is 8.39. The van der Waals surface area contributed by atoms with Gasteiger partial charge in [0, 0.05) is 41.6 Å². The number of hydrogen-bond acceptors (Lipinski definition) is 5. The van der Waals surface area contributed by atoms with E-state index in [1.54, 1.807) is 10.7 Å². The van der Waals surface area contributed by atoms with E-state index in [1.165, 1.54) is 30.4 Å². The summed E-state index contributed by atoms with van der Waals surface area (Å²) in [7, 11) is 0. The zero-order valence-corrected chi connectivity index (χ0v) is 17.6. The molecule has 6 nitrogen and oxygen atoms in total. The van der Waals surface area contributed by atoms with Crippen LogP contribution in [0.25, 0.3) is 10.4 Å². The van der Waals surface area contributed by atoms with Gasteiger partial charge in [-0.1, -0.05) is 0 Å². The van der Waals surface area contributed by atoms with Gasteiger partial charge in [-0.2, -0.15) is 5.10 Å². The predicted octanol–water partition coefficient (Wildman–Crippen LogP) is 3.77. The molecule has 3 aromatic rings. The Morgan fingerprint density at radius 3 is 2.87 bits per heavy atom. The molecular weight excluding hydrogens is 405 g/mol. The number of fused-ring (bicyclic) bond motifs is 1. The number of carbonyl (C=O) groups excluding carboxylic acids is 2. The number of halogens is 1. The zero-order valence-electron chi connectivity index (χ0n) is 16.8. The van der Waals surface area contributed by atoms with E-state index in [1.807, 2.05) is 25.3 Å². The van der Waals surface area contributed by atoms with E-state index in [2.05, 4.69) is 10.4 Å². The van der Waals surface area contributed by atoms with Crippen molar-refractivity contribution in [2.75, 3.05) is 6.54 Å². The predicted molar refractivity (Wildman–Crippen MR) is 112 cm³/mol. The summed E-state index contributed by atoms with van der Waals surface area (Å²) in [5, 5.41) is 7.15. The monoisotopic (exact) mass is 427 g/mol. The van der Waals surface area contributed by atoms with Gasteiger partial charge in [0.25, 0.3) is 0 Å². The summed E-state index contributed by atoms with van der Waals surface area (Å²) in [5.41, 5.74) is 2.33. The fraction of sp³-hybridized carbons (Fsp3) is 0.318. The lowest BCUT2D eigenvalue weighted by Gasteiger charge is -2.13. The normalized spacial score (nSPS) is 15.0. The largest absolute Gasteiger partial charge is 0.487 e. The average molecular weight is 428 g/mol. The summed E-state index contributed by atoms with van der Waals surface area (Å²) in [6.07, 6.45) is 2.42. The molecule has 1 aliphatic heterocycles. The Labute approximate surface area is 177 Å². The number of carbonyl (C=O) groups is 2. The minimum atomic E-state index is -0.343. The van der Waals surface area contributed by atoms with E-state index in [0.717, 1.165) is 16.1 Å². The maximum Gasteiger partial charge on any atom is 0.221 e. The first-order valence-electron chi connectivity index (χ1n) is 9.76. The SMILES string of the molecule is CC(=O)c1ccc(-c2cc(F)cc3c2OC(CNC(=O)CCn2ccc(C)n2)C3)s1. The van der Waals surface area contributed by atoms with Crippen LogP contribution in [0.4, 0.5) is 4.39 Å².